The van der Waals surface area contributed by atoms with Gasteiger partial charge in [0.2, 0.25) is 0 Å². The summed E-state index contributed by atoms with van der Waals surface area (Å²) in [7, 11) is 0. The molecule has 2 amide bonds. The van der Waals surface area contributed by atoms with E-state index in [4.69, 9.17) is 28.4 Å². The lowest BCUT2D eigenvalue weighted by molar-refractivity contribution is -0.00222. The molecule has 2 atom stereocenters. The van der Waals surface area contributed by atoms with E-state index in [1.807, 2.05) is 48.5 Å². The summed E-state index contributed by atoms with van der Waals surface area (Å²) < 4.78 is 36.1. The van der Waals surface area contributed by atoms with Crippen molar-refractivity contribution in [2.75, 3.05) is 52.7 Å². The summed E-state index contributed by atoms with van der Waals surface area (Å²) in [5.41, 5.74) is 0. The molecule has 0 saturated heterocycles. The van der Waals surface area contributed by atoms with Crippen LogP contribution >= 0.6 is 0 Å². The van der Waals surface area contributed by atoms with Crippen LogP contribution in [0.25, 0.3) is 21.5 Å². The normalized spacial score (nSPS) is 12.4. The van der Waals surface area contributed by atoms with Crippen LogP contribution in [0.3, 0.4) is 0 Å². The Morgan fingerprint density at radius 3 is 1.23 bits per heavy atom. The molecule has 10 heteroatoms. The second-order valence-corrected chi connectivity index (χ2v) is 11.8. The first-order valence-electron chi connectivity index (χ1n) is 17.8. The molecule has 10 nitrogen and oxygen atoms in total. The van der Waals surface area contributed by atoms with Crippen LogP contribution in [0.1, 0.15) is 79.1 Å². The maximum atomic E-state index is 12.6. The highest BCUT2D eigenvalue weighted by molar-refractivity contribution is 6.11. The minimum Gasteiger partial charge on any atom is -0.488 e. The smallest absolute Gasteiger partial charge is 0.407 e. The summed E-state index contributed by atoms with van der Waals surface area (Å²) in [5.74, 6) is 1.32. The van der Waals surface area contributed by atoms with Crippen molar-refractivity contribution in [2.45, 2.75) is 91.3 Å². The fourth-order valence-corrected chi connectivity index (χ4v) is 4.99. The lowest BCUT2D eigenvalue weighted by atomic mass is 10.0. The van der Waals surface area contributed by atoms with Gasteiger partial charge in [0.25, 0.3) is 0 Å². The van der Waals surface area contributed by atoms with E-state index in [-0.39, 0.29) is 26.4 Å². The van der Waals surface area contributed by atoms with Gasteiger partial charge in [-0.2, -0.15) is 0 Å². The van der Waals surface area contributed by atoms with E-state index < -0.39 is 24.4 Å². The van der Waals surface area contributed by atoms with Gasteiger partial charge >= 0.3 is 12.2 Å². The van der Waals surface area contributed by atoms with Crippen molar-refractivity contribution >= 4 is 33.7 Å². The number of nitrogens with one attached hydrogen (secondary N) is 2. The van der Waals surface area contributed by atoms with Crippen LogP contribution in [0.15, 0.2) is 48.5 Å². The maximum Gasteiger partial charge on any atom is 0.407 e. The fraction of sp³-hybridized carbons (Fsp3) is 0.579. The van der Waals surface area contributed by atoms with Crippen LogP contribution in [0.2, 0.25) is 0 Å². The number of carbonyl (C=O) groups excluding carboxylic acids is 2. The third-order valence-electron chi connectivity index (χ3n) is 7.70. The predicted octanol–water partition coefficient (Wildman–Crippen LogP) is 8.17. The van der Waals surface area contributed by atoms with Gasteiger partial charge in [-0.1, -0.05) is 102 Å². The average molecular weight is 669 g/mol. The van der Waals surface area contributed by atoms with Gasteiger partial charge < -0.3 is 39.1 Å². The second kappa shape index (κ2) is 22.7. The molecular weight excluding hydrogens is 612 g/mol. The summed E-state index contributed by atoms with van der Waals surface area (Å²) in [4.78, 5) is 25.1. The lowest BCUT2D eigenvalue weighted by Crippen LogP contribution is -2.35. The Morgan fingerprint density at radius 2 is 0.896 bits per heavy atom. The van der Waals surface area contributed by atoms with Crippen LogP contribution in [-0.4, -0.2) is 77.1 Å². The topological polar surface area (TPSA) is 114 Å². The molecule has 0 spiro atoms. The molecule has 0 fully saturated rings. The fourth-order valence-electron chi connectivity index (χ4n) is 4.99. The molecule has 48 heavy (non-hydrogen) atoms. The van der Waals surface area contributed by atoms with Crippen LogP contribution < -0.4 is 20.1 Å². The molecule has 266 valence electrons. The van der Waals surface area contributed by atoms with Crippen LogP contribution in [-0.2, 0) is 18.9 Å². The van der Waals surface area contributed by atoms with Crippen LogP contribution in [0.4, 0.5) is 9.59 Å². The summed E-state index contributed by atoms with van der Waals surface area (Å²) in [6, 6.07) is 15.7. The molecule has 0 heterocycles. The lowest BCUT2D eigenvalue weighted by Gasteiger charge is -2.23. The molecule has 0 bridgehead atoms. The number of ether oxygens (including phenoxy) is 6. The van der Waals surface area contributed by atoms with E-state index in [2.05, 4.69) is 38.3 Å². The van der Waals surface area contributed by atoms with Gasteiger partial charge in [-0.05, 0) is 25.7 Å². The highest BCUT2D eigenvalue weighted by Gasteiger charge is 2.22. The van der Waals surface area contributed by atoms with Crippen molar-refractivity contribution in [3.63, 3.8) is 0 Å². The predicted molar refractivity (Wildman–Crippen MR) is 190 cm³/mol. The van der Waals surface area contributed by atoms with E-state index in [1.165, 1.54) is 0 Å². The zero-order valence-electron chi connectivity index (χ0n) is 29.4. The Morgan fingerprint density at radius 1 is 0.542 bits per heavy atom. The molecule has 0 saturated carbocycles. The largest absolute Gasteiger partial charge is 0.488 e. The molecule has 2 unspecified atom stereocenters. The SMILES string of the molecule is CCCCNC(=O)OC(COCCCC)COc1c2ccccc2c(OCC(COCCCC)OC(=O)NCCCC)c2ccccc12. The Balaban J connectivity index is 1.85. The van der Waals surface area contributed by atoms with E-state index in [9.17, 15) is 9.59 Å². The molecular formula is C38H56N2O8. The summed E-state index contributed by atoms with van der Waals surface area (Å²) in [6.07, 6.45) is 5.39. The second-order valence-electron chi connectivity index (χ2n) is 11.8. The van der Waals surface area contributed by atoms with Gasteiger partial charge in [-0.15, -0.1) is 0 Å². The molecule has 0 aliphatic carbocycles. The summed E-state index contributed by atoms with van der Waals surface area (Å²) >= 11 is 0. The van der Waals surface area contributed by atoms with Gasteiger partial charge in [0.15, 0.2) is 12.2 Å². The van der Waals surface area contributed by atoms with Crippen molar-refractivity contribution in [1.82, 2.24) is 10.6 Å². The molecule has 0 aliphatic rings. The zero-order valence-corrected chi connectivity index (χ0v) is 29.4. The van der Waals surface area contributed by atoms with E-state index in [1.54, 1.807) is 0 Å². The van der Waals surface area contributed by atoms with E-state index >= 15 is 0 Å². The van der Waals surface area contributed by atoms with Gasteiger partial charge in [-0.3, -0.25) is 0 Å². The molecule has 3 rings (SSSR count). The molecule has 0 aromatic heterocycles. The van der Waals surface area contributed by atoms with Crippen molar-refractivity contribution < 1.29 is 38.0 Å². The average Bonchev–Trinajstić information content (AvgIpc) is 3.09. The van der Waals surface area contributed by atoms with Crippen LogP contribution in [0.5, 0.6) is 11.5 Å². The van der Waals surface area contributed by atoms with Crippen molar-refractivity contribution in [3.8, 4) is 11.5 Å². The standard InChI is InChI=1S/C38H56N2O8/c1-5-9-21-39-37(41)47-29(25-43-23-11-7-3)27-45-35-31-17-13-15-19-33(31)36(34-20-16-14-18-32(34)35)46-28-30(26-44-24-12-8-4)48-38(42)40-22-10-6-2/h13-20,29-30H,5-12,21-28H2,1-4H3,(H,39,41)(H,40,42). The minimum absolute atomic E-state index is 0.111. The third kappa shape index (κ3) is 13.0. The number of carbonyl (C=O) groups is 2. The highest BCUT2D eigenvalue weighted by atomic mass is 16.6. The number of alkyl carbamates (subject to hydrolysis) is 2. The number of amides is 2. The molecule has 3 aromatic rings. The van der Waals surface area contributed by atoms with Crippen molar-refractivity contribution in [1.29, 1.82) is 0 Å². The molecule has 0 radical (unpaired) electrons. The number of rotatable bonds is 24. The van der Waals surface area contributed by atoms with Gasteiger partial charge in [0.1, 0.15) is 24.7 Å². The van der Waals surface area contributed by atoms with Gasteiger partial charge in [0.05, 0.1) is 13.2 Å². The van der Waals surface area contributed by atoms with Crippen LogP contribution in [0, 0.1) is 0 Å². The van der Waals surface area contributed by atoms with Crippen molar-refractivity contribution in [3.05, 3.63) is 48.5 Å². The number of hydrogen-bond donors (Lipinski definition) is 2. The minimum atomic E-state index is -0.606. The number of benzene rings is 3. The Bertz CT molecular complexity index is 1210. The number of fused-ring (bicyclic) bond motifs is 2. The third-order valence-corrected chi connectivity index (χ3v) is 7.70. The van der Waals surface area contributed by atoms with Gasteiger partial charge in [0, 0.05) is 47.8 Å². The first-order chi connectivity index (χ1) is 23.5. The van der Waals surface area contributed by atoms with Gasteiger partial charge in [-0.25, -0.2) is 9.59 Å². The zero-order chi connectivity index (χ0) is 34.4. The Hall–Kier alpha value is -3.76. The summed E-state index contributed by atoms with van der Waals surface area (Å²) in [5, 5.41) is 9.01. The highest BCUT2D eigenvalue weighted by Crippen LogP contribution is 2.42. The maximum absolute atomic E-state index is 12.6. The summed E-state index contributed by atoms with van der Waals surface area (Å²) in [6.45, 7) is 11.3. The number of hydrogen-bond acceptors (Lipinski definition) is 8. The molecule has 0 aliphatic heterocycles. The first-order valence-corrected chi connectivity index (χ1v) is 17.8. The molecule has 2 N–H and O–H groups in total. The number of unbranched alkanes of at least 4 members (excludes halogenated alkanes) is 4. The Labute approximate surface area is 286 Å². The Kier molecular flexibility index (Phi) is 18.3. The van der Waals surface area contributed by atoms with E-state index in [0.29, 0.717) is 37.8 Å². The first kappa shape index (κ1) is 38.7. The monoisotopic (exact) mass is 668 g/mol. The van der Waals surface area contributed by atoms with E-state index in [0.717, 1.165) is 72.9 Å². The molecule has 3 aromatic carbocycles. The quantitative estimate of drug-likeness (QED) is 0.0726. The van der Waals surface area contributed by atoms with Crippen molar-refractivity contribution in [2.24, 2.45) is 0 Å².